The molecule has 0 radical (unpaired) electrons. The standard InChI is InChI=1S/C26H30FNO4/c1-14-16-8-7-13-31-20(16)12-11-17(14)22-21(24(25(29)30)32-26(3,4)5)15(2)28-19-10-6-9-18(27)23(19)22/h6,9-12,14,16,24H,7-8,13H2,1-5H3,(H,29,30)/t14-,16+,24+/m1/s1. The van der Waals surface area contributed by atoms with E-state index in [2.05, 4.69) is 11.9 Å². The lowest BCUT2D eigenvalue weighted by molar-refractivity contribution is -0.160. The molecule has 2 aromatic rings. The van der Waals surface area contributed by atoms with Gasteiger partial charge in [0.15, 0.2) is 6.10 Å². The molecule has 1 fully saturated rings. The third-order valence-electron chi connectivity index (χ3n) is 6.25. The summed E-state index contributed by atoms with van der Waals surface area (Å²) in [6.07, 6.45) is 4.56. The number of ether oxygens (including phenoxy) is 2. The van der Waals surface area contributed by atoms with Gasteiger partial charge >= 0.3 is 5.97 Å². The first kappa shape index (κ1) is 22.5. The predicted molar refractivity (Wildman–Crippen MR) is 122 cm³/mol. The molecule has 0 unspecified atom stereocenters. The van der Waals surface area contributed by atoms with Crippen LogP contribution in [0.25, 0.3) is 16.5 Å². The summed E-state index contributed by atoms with van der Waals surface area (Å²) in [6.45, 7) is 10.0. The Morgan fingerprint density at radius 3 is 2.75 bits per heavy atom. The van der Waals surface area contributed by atoms with E-state index in [9.17, 15) is 9.90 Å². The van der Waals surface area contributed by atoms with Crippen molar-refractivity contribution in [1.29, 1.82) is 0 Å². The Labute approximate surface area is 187 Å². The molecule has 1 N–H and O–H groups in total. The number of aromatic nitrogens is 1. The normalized spacial score (nSPS) is 21.9. The fourth-order valence-electron chi connectivity index (χ4n) is 4.88. The second-order valence-corrected chi connectivity index (χ2v) is 9.65. The highest BCUT2D eigenvalue weighted by Gasteiger charge is 2.37. The fourth-order valence-corrected chi connectivity index (χ4v) is 4.88. The molecular weight excluding hydrogens is 409 g/mol. The number of benzene rings is 1. The molecule has 1 aromatic heterocycles. The van der Waals surface area contributed by atoms with Crippen molar-refractivity contribution in [2.24, 2.45) is 11.8 Å². The molecule has 2 aliphatic rings. The van der Waals surface area contributed by atoms with Crippen molar-refractivity contribution in [3.63, 3.8) is 0 Å². The van der Waals surface area contributed by atoms with E-state index in [1.54, 1.807) is 19.1 Å². The summed E-state index contributed by atoms with van der Waals surface area (Å²) in [7, 11) is 0. The SMILES string of the molecule is Cc1nc2cccc(F)c2c(C2=CC=C3OCCC[C@H]3[C@H]2C)c1[C@H](OC(C)(C)C)C(=O)O. The number of halogens is 1. The molecular formula is C26H30FNO4. The van der Waals surface area contributed by atoms with Crippen molar-refractivity contribution in [2.75, 3.05) is 6.61 Å². The van der Waals surface area contributed by atoms with E-state index < -0.39 is 23.5 Å². The van der Waals surface area contributed by atoms with Crippen LogP contribution in [0.5, 0.6) is 0 Å². The third-order valence-corrected chi connectivity index (χ3v) is 6.25. The number of allylic oxidation sites excluding steroid dienone is 4. The van der Waals surface area contributed by atoms with Gasteiger partial charge in [0, 0.05) is 22.6 Å². The predicted octanol–water partition coefficient (Wildman–Crippen LogP) is 5.97. The average molecular weight is 440 g/mol. The zero-order valence-corrected chi connectivity index (χ0v) is 19.2. The van der Waals surface area contributed by atoms with Gasteiger partial charge < -0.3 is 14.6 Å². The lowest BCUT2D eigenvalue weighted by atomic mass is 9.74. The van der Waals surface area contributed by atoms with Crippen LogP contribution in [0.15, 0.2) is 36.1 Å². The summed E-state index contributed by atoms with van der Waals surface area (Å²) in [5.41, 5.74) is 2.20. The zero-order chi connectivity index (χ0) is 23.2. The van der Waals surface area contributed by atoms with Crippen molar-refractivity contribution in [3.8, 4) is 0 Å². The topological polar surface area (TPSA) is 68.7 Å². The van der Waals surface area contributed by atoms with Crippen molar-refractivity contribution < 1.29 is 23.8 Å². The molecule has 4 rings (SSSR count). The molecule has 0 saturated carbocycles. The Balaban J connectivity index is 2.04. The molecule has 2 heterocycles. The number of hydrogen-bond donors (Lipinski definition) is 1. The summed E-state index contributed by atoms with van der Waals surface area (Å²) in [5.74, 6) is -0.385. The quantitative estimate of drug-likeness (QED) is 0.636. The second-order valence-electron chi connectivity index (χ2n) is 9.65. The van der Waals surface area contributed by atoms with Crippen molar-refractivity contribution in [3.05, 3.63) is 58.7 Å². The van der Waals surface area contributed by atoms with Crippen molar-refractivity contribution >= 4 is 22.4 Å². The van der Waals surface area contributed by atoms with Crippen LogP contribution in [0.1, 0.15) is 63.5 Å². The molecule has 0 spiro atoms. The van der Waals surface area contributed by atoms with E-state index in [-0.39, 0.29) is 11.8 Å². The minimum Gasteiger partial charge on any atom is -0.498 e. The number of hydrogen-bond acceptors (Lipinski definition) is 4. The first-order valence-corrected chi connectivity index (χ1v) is 11.1. The Morgan fingerprint density at radius 2 is 2.06 bits per heavy atom. The Kier molecular flexibility index (Phi) is 5.84. The van der Waals surface area contributed by atoms with E-state index in [0.29, 0.717) is 34.3 Å². The maximum Gasteiger partial charge on any atom is 0.337 e. The van der Waals surface area contributed by atoms with Gasteiger partial charge in [0.25, 0.3) is 0 Å². The highest BCUT2D eigenvalue weighted by Crippen LogP contribution is 2.46. The first-order chi connectivity index (χ1) is 15.1. The van der Waals surface area contributed by atoms with Gasteiger partial charge in [-0.15, -0.1) is 0 Å². The molecule has 1 aromatic carbocycles. The summed E-state index contributed by atoms with van der Waals surface area (Å²) >= 11 is 0. The average Bonchev–Trinajstić information content (AvgIpc) is 2.71. The summed E-state index contributed by atoms with van der Waals surface area (Å²) in [4.78, 5) is 17.0. The number of carboxylic acid groups (broad SMARTS) is 1. The molecule has 6 heteroatoms. The number of fused-ring (bicyclic) bond motifs is 2. The van der Waals surface area contributed by atoms with Gasteiger partial charge in [0.05, 0.1) is 23.5 Å². The fraction of sp³-hybridized carbons (Fsp3) is 0.462. The zero-order valence-electron chi connectivity index (χ0n) is 19.2. The lowest BCUT2D eigenvalue weighted by Gasteiger charge is -2.36. The molecule has 1 aliphatic carbocycles. The number of aryl methyl sites for hydroxylation is 1. The lowest BCUT2D eigenvalue weighted by Crippen LogP contribution is -2.30. The van der Waals surface area contributed by atoms with Gasteiger partial charge in [-0.1, -0.05) is 19.1 Å². The monoisotopic (exact) mass is 439 g/mol. The van der Waals surface area contributed by atoms with Crippen molar-refractivity contribution in [2.45, 2.75) is 59.2 Å². The summed E-state index contributed by atoms with van der Waals surface area (Å²) in [6, 6.07) is 4.78. The maximum absolute atomic E-state index is 15.3. The van der Waals surface area contributed by atoms with Gasteiger partial charge in [0.2, 0.25) is 0 Å². The molecule has 1 saturated heterocycles. The van der Waals surface area contributed by atoms with Gasteiger partial charge in [-0.3, -0.25) is 4.98 Å². The van der Waals surface area contributed by atoms with Gasteiger partial charge in [0.1, 0.15) is 5.82 Å². The largest absolute Gasteiger partial charge is 0.498 e. The Morgan fingerprint density at radius 1 is 1.31 bits per heavy atom. The molecule has 170 valence electrons. The molecule has 0 amide bonds. The summed E-state index contributed by atoms with van der Waals surface area (Å²) in [5, 5.41) is 10.5. The van der Waals surface area contributed by atoms with Crippen LogP contribution < -0.4 is 0 Å². The minimum atomic E-state index is -1.28. The highest BCUT2D eigenvalue weighted by molar-refractivity contribution is 5.96. The third kappa shape index (κ3) is 4.04. The number of aliphatic carboxylic acids is 1. The number of nitrogens with zero attached hydrogens (tertiary/aromatic N) is 1. The van der Waals surface area contributed by atoms with Crippen LogP contribution in [-0.4, -0.2) is 28.3 Å². The Bertz CT molecular complexity index is 1130. The van der Waals surface area contributed by atoms with Crippen LogP contribution in [0, 0.1) is 24.6 Å². The number of rotatable bonds is 4. The number of pyridine rings is 1. The molecule has 32 heavy (non-hydrogen) atoms. The van der Waals surface area contributed by atoms with E-state index in [1.807, 2.05) is 32.9 Å². The molecule has 5 nitrogen and oxygen atoms in total. The second kappa shape index (κ2) is 8.32. The van der Waals surface area contributed by atoms with Crippen LogP contribution >= 0.6 is 0 Å². The van der Waals surface area contributed by atoms with Crippen LogP contribution in [0.4, 0.5) is 4.39 Å². The smallest absolute Gasteiger partial charge is 0.337 e. The van der Waals surface area contributed by atoms with E-state index in [4.69, 9.17) is 9.47 Å². The van der Waals surface area contributed by atoms with E-state index >= 15 is 4.39 Å². The van der Waals surface area contributed by atoms with Crippen LogP contribution in [0.3, 0.4) is 0 Å². The first-order valence-electron chi connectivity index (χ1n) is 11.1. The molecule has 0 bridgehead atoms. The minimum absolute atomic E-state index is 0.0303. The van der Waals surface area contributed by atoms with E-state index in [1.165, 1.54) is 6.07 Å². The van der Waals surface area contributed by atoms with Crippen LogP contribution in [-0.2, 0) is 14.3 Å². The summed E-state index contributed by atoms with van der Waals surface area (Å²) < 4.78 is 27.1. The number of carbonyl (C=O) groups is 1. The molecule has 1 aliphatic heterocycles. The number of carboxylic acids is 1. The van der Waals surface area contributed by atoms with Crippen LogP contribution in [0.2, 0.25) is 0 Å². The Hall–Kier alpha value is -2.73. The maximum atomic E-state index is 15.3. The molecule has 3 atom stereocenters. The van der Waals surface area contributed by atoms with Gasteiger partial charge in [-0.25, -0.2) is 9.18 Å². The van der Waals surface area contributed by atoms with Gasteiger partial charge in [-0.2, -0.15) is 0 Å². The van der Waals surface area contributed by atoms with Gasteiger partial charge in [-0.05, 0) is 75.8 Å². The van der Waals surface area contributed by atoms with Crippen molar-refractivity contribution in [1.82, 2.24) is 4.98 Å². The highest BCUT2D eigenvalue weighted by atomic mass is 19.1. The van der Waals surface area contributed by atoms with E-state index in [0.717, 1.165) is 24.2 Å².